The topological polar surface area (TPSA) is 66.1 Å². The average molecular weight is 228 g/mol. The molecule has 0 aliphatic carbocycles. The first-order chi connectivity index (χ1) is 6.99. The zero-order valence-corrected chi connectivity index (χ0v) is 9.63. The quantitative estimate of drug-likeness (QED) is 0.819. The van der Waals surface area contributed by atoms with E-state index in [4.69, 9.17) is 0 Å². The van der Waals surface area contributed by atoms with Crippen molar-refractivity contribution in [3.63, 3.8) is 0 Å². The van der Waals surface area contributed by atoms with Crippen molar-refractivity contribution < 1.29 is 8.42 Å². The third-order valence-electron chi connectivity index (χ3n) is 2.35. The van der Waals surface area contributed by atoms with Crippen molar-refractivity contribution in [1.82, 2.24) is 14.5 Å². The van der Waals surface area contributed by atoms with Crippen molar-refractivity contribution in [3.8, 4) is 0 Å². The van der Waals surface area contributed by atoms with E-state index in [1.54, 1.807) is 0 Å². The predicted molar refractivity (Wildman–Crippen MR) is 55.3 cm³/mol. The van der Waals surface area contributed by atoms with Crippen LogP contribution in [0.2, 0.25) is 0 Å². The van der Waals surface area contributed by atoms with Gasteiger partial charge in [-0.1, -0.05) is 13.8 Å². The molecule has 0 amide bonds. The summed E-state index contributed by atoms with van der Waals surface area (Å²) in [5.74, 6) is 0.348. The fourth-order valence-electron chi connectivity index (χ4n) is 1.69. The van der Waals surface area contributed by atoms with Gasteiger partial charge in [0.1, 0.15) is 6.20 Å². The van der Waals surface area contributed by atoms with Crippen LogP contribution in [0.15, 0.2) is 0 Å². The Morgan fingerprint density at radius 1 is 1.53 bits per heavy atom. The zero-order valence-electron chi connectivity index (χ0n) is 8.82. The first-order valence-electron chi connectivity index (χ1n) is 4.90. The largest absolute Gasteiger partial charge is 0.280 e. The molecule has 1 aromatic heterocycles. The van der Waals surface area contributed by atoms with Gasteiger partial charge in [-0.2, -0.15) is 9.40 Å². The average Bonchev–Trinajstić information content (AvgIpc) is 2.56. The van der Waals surface area contributed by atoms with Crippen molar-refractivity contribution in [2.75, 3.05) is 5.75 Å². The van der Waals surface area contributed by atoms with E-state index in [0.29, 0.717) is 13.1 Å². The number of nitrogens with one attached hydrogen (secondary N) is 1. The molecule has 0 bridgehead atoms. The molecular weight excluding hydrogens is 214 g/mol. The Bertz CT molecular complexity index is 429. The number of aromatic nitrogens is 2. The van der Waals surface area contributed by atoms with Crippen molar-refractivity contribution in [1.29, 1.82) is 0 Å². The summed E-state index contributed by atoms with van der Waals surface area (Å²) in [4.78, 5) is 0. The molecule has 6 heteroatoms. The number of nitrogens with zero attached hydrogens (tertiary/aromatic N) is 2. The Morgan fingerprint density at radius 3 is 2.87 bits per heavy atom. The lowest BCUT2D eigenvalue weighted by molar-refractivity contribution is 0.422. The fraction of sp³-hybridized carbons (Fsp3) is 0.667. The second-order valence-corrected chi connectivity index (χ2v) is 6.25. The first kappa shape index (κ1) is 10.6. The summed E-state index contributed by atoms with van der Waals surface area (Å²) in [6.45, 7) is 4.61. The monoisotopic (exact) mass is 228 g/mol. The van der Waals surface area contributed by atoms with Crippen molar-refractivity contribution in [2.24, 2.45) is 5.92 Å². The molecule has 1 N–H and O–H groups in total. The maximum absolute atomic E-state index is 11.9. The van der Waals surface area contributed by atoms with Crippen LogP contribution in [0.5, 0.6) is 0 Å². The van der Waals surface area contributed by atoms with E-state index in [1.807, 2.05) is 13.8 Å². The lowest BCUT2D eigenvalue weighted by atomic mass is 10.3. The molecule has 0 fully saturated rings. The summed E-state index contributed by atoms with van der Waals surface area (Å²) in [5, 5.41) is 6.51. The van der Waals surface area contributed by atoms with Crippen LogP contribution in [0.3, 0.4) is 0 Å². The minimum absolute atomic E-state index is 0.149. The molecule has 2 rings (SSSR count). The molecule has 83 valence electrons. The maximum Gasteiger partial charge on any atom is 0.215 e. The third-order valence-corrected chi connectivity index (χ3v) is 4.49. The Kier molecular flexibility index (Phi) is 2.56. The molecule has 2 heterocycles. The molecular formula is C9H14N3O2S. The lowest BCUT2D eigenvalue weighted by Crippen LogP contribution is -2.30. The Morgan fingerprint density at radius 2 is 2.27 bits per heavy atom. The van der Waals surface area contributed by atoms with E-state index in [-0.39, 0.29) is 11.7 Å². The Hall–Kier alpha value is -0.880. The van der Waals surface area contributed by atoms with Gasteiger partial charge in [-0.05, 0) is 5.92 Å². The third kappa shape index (κ3) is 2.05. The fourth-order valence-corrected chi connectivity index (χ4v) is 3.40. The standard InChI is InChI=1S/C9H14N3O2S/c1-7(2)6-15(13,14)12-4-8-3-10-11-9(8)5-12/h7H,4-6H2,1-2H3,(H,10,11). The lowest BCUT2D eigenvalue weighted by Gasteiger charge is -2.16. The van der Waals surface area contributed by atoms with Crippen molar-refractivity contribution >= 4 is 10.0 Å². The molecule has 1 aliphatic rings. The predicted octanol–water partition coefficient (Wildman–Crippen LogP) is 0.511. The van der Waals surface area contributed by atoms with E-state index >= 15 is 0 Å². The molecule has 0 atom stereocenters. The highest BCUT2D eigenvalue weighted by atomic mass is 32.2. The second kappa shape index (κ2) is 3.61. The van der Waals surface area contributed by atoms with Crippen LogP contribution in [0.1, 0.15) is 25.1 Å². The Labute approximate surface area is 89.5 Å². The molecule has 0 saturated heterocycles. The smallest absolute Gasteiger partial charge is 0.215 e. The number of H-pyrrole nitrogens is 1. The molecule has 1 radical (unpaired) electrons. The summed E-state index contributed by atoms with van der Waals surface area (Å²) < 4.78 is 25.3. The van der Waals surface area contributed by atoms with Gasteiger partial charge in [-0.25, -0.2) is 8.42 Å². The minimum atomic E-state index is -3.13. The highest BCUT2D eigenvalue weighted by Crippen LogP contribution is 2.23. The van der Waals surface area contributed by atoms with Gasteiger partial charge in [0.25, 0.3) is 0 Å². The van der Waals surface area contributed by atoms with Crippen molar-refractivity contribution in [2.45, 2.75) is 26.9 Å². The van der Waals surface area contributed by atoms with Crippen LogP contribution in [0, 0.1) is 12.1 Å². The molecule has 15 heavy (non-hydrogen) atoms. The van der Waals surface area contributed by atoms with Gasteiger partial charge in [-0.15, -0.1) is 0 Å². The zero-order chi connectivity index (χ0) is 11.1. The van der Waals surface area contributed by atoms with Gasteiger partial charge in [0.05, 0.1) is 18.0 Å². The number of aromatic amines is 1. The van der Waals surface area contributed by atoms with Gasteiger partial charge < -0.3 is 0 Å². The van der Waals surface area contributed by atoms with Gasteiger partial charge >= 0.3 is 0 Å². The maximum atomic E-state index is 11.9. The molecule has 0 saturated carbocycles. The summed E-state index contributed by atoms with van der Waals surface area (Å²) in [6, 6.07) is 0. The summed E-state index contributed by atoms with van der Waals surface area (Å²) in [7, 11) is -3.13. The van der Waals surface area contributed by atoms with Gasteiger partial charge in [0.2, 0.25) is 10.0 Å². The highest BCUT2D eigenvalue weighted by Gasteiger charge is 2.30. The van der Waals surface area contributed by atoms with E-state index in [2.05, 4.69) is 16.4 Å². The molecule has 5 nitrogen and oxygen atoms in total. The highest BCUT2D eigenvalue weighted by molar-refractivity contribution is 7.89. The second-order valence-electron chi connectivity index (χ2n) is 4.23. The van der Waals surface area contributed by atoms with E-state index < -0.39 is 10.0 Å². The number of hydrogen-bond donors (Lipinski definition) is 1. The van der Waals surface area contributed by atoms with Crippen LogP contribution in [0.25, 0.3) is 0 Å². The first-order valence-corrected chi connectivity index (χ1v) is 6.51. The minimum Gasteiger partial charge on any atom is -0.280 e. The number of sulfonamides is 1. The van der Waals surface area contributed by atoms with E-state index in [9.17, 15) is 8.42 Å². The van der Waals surface area contributed by atoms with Crippen LogP contribution in [-0.4, -0.2) is 28.7 Å². The Balaban J connectivity index is 2.13. The molecule has 0 aromatic carbocycles. The van der Waals surface area contributed by atoms with Crippen LogP contribution >= 0.6 is 0 Å². The van der Waals surface area contributed by atoms with Crippen LogP contribution < -0.4 is 0 Å². The summed E-state index contributed by atoms with van der Waals surface area (Å²) >= 11 is 0. The van der Waals surface area contributed by atoms with Gasteiger partial charge in [0, 0.05) is 12.1 Å². The van der Waals surface area contributed by atoms with Gasteiger partial charge in [0.15, 0.2) is 0 Å². The summed E-state index contributed by atoms with van der Waals surface area (Å²) in [5.41, 5.74) is 1.73. The van der Waals surface area contributed by atoms with Crippen LogP contribution in [-0.2, 0) is 23.1 Å². The number of hydrogen-bond acceptors (Lipinski definition) is 3. The number of rotatable bonds is 3. The molecule has 0 spiro atoms. The number of fused-ring (bicyclic) bond motifs is 1. The van der Waals surface area contributed by atoms with Crippen LogP contribution in [0.4, 0.5) is 0 Å². The molecule has 1 aliphatic heterocycles. The van der Waals surface area contributed by atoms with Crippen molar-refractivity contribution in [3.05, 3.63) is 17.5 Å². The van der Waals surface area contributed by atoms with Gasteiger partial charge in [-0.3, -0.25) is 5.10 Å². The normalized spacial score (nSPS) is 17.3. The molecule has 0 unspecified atom stereocenters. The SMILES string of the molecule is CC(C)CS(=O)(=O)N1Cc2[c]n[nH]c2C1. The van der Waals surface area contributed by atoms with E-state index in [0.717, 1.165) is 11.3 Å². The molecule has 1 aromatic rings. The van der Waals surface area contributed by atoms with E-state index in [1.165, 1.54) is 4.31 Å². The summed E-state index contributed by atoms with van der Waals surface area (Å²) in [6.07, 6.45) is 2.76.